The summed E-state index contributed by atoms with van der Waals surface area (Å²) in [7, 11) is 1.92. The summed E-state index contributed by atoms with van der Waals surface area (Å²) < 4.78 is 0. The molecule has 1 fully saturated rings. The van der Waals surface area contributed by atoms with Gasteiger partial charge in [0.05, 0.1) is 6.04 Å². The molecule has 3 heteroatoms. The van der Waals surface area contributed by atoms with Gasteiger partial charge in [-0.2, -0.15) is 0 Å². The van der Waals surface area contributed by atoms with Gasteiger partial charge in [0.2, 0.25) is 5.91 Å². The number of benzene rings is 1. The molecular formula is C17H26N2O. The Bertz CT molecular complexity index is 410. The molecule has 1 aliphatic carbocycles. The van der Waals surface area contributed by atoms with Crippen LogP contribution in [0.5, 0.6) is 0 Å². The van der Waals surface area contributed by atoms with Crippen molar-refractivity contribution in [3.05, 3.63) is 35.9 Å². The molecule has 0 saturated heterocycles. The van der Waals surface area contributed by atoms with E-state index in [-0.39, 0.29) is 5.91 Å². The van der Waals surface area contributed by atoms with E-state index in [0.717, 1.165) is 18.4 Å². The zero-order valence-corrected chi connectivity index (χ0v) is 12.4. The number of nitrogens with two attached hydrogens (primary N) is 1. The van der Waals surface area contributed by atoms with Crippen LogP contribution in [-0.4, -0.2) is 29.9 Å². The van der Waals surface area contributed by atoms with E-state index >= 15 is 0 Å². The Hall–Kier alpha value is -1.35. The monoisotopic (exact) mass is 274 g/mol. The minimum Gasteiger partial charge on any atom is -0.341 e. The third-order valence-electron chi connectivity index (χ3n) is 4.34. The zero-order valence-electron chi connectivity index (χ0n) is 12.4. The Kier molecular flexibility index (Phi) is 5.60. The molecule has 1 aliphatic rings. The van der Waals surface area contributed by atoms with Crippen LogP contribution in [0.15, 0.2) is 30.3 Å². The standard InChI is InChI=1S/C17H26N2O/c1-19(15-11-7-2-3-8-12-15)17(20)16(18)13-14-9-5-4-6-10-14/h4-6,9-10,15-16H,2-3,7-8,11-13,18H2,1H3. The van der Waals surface area contributed by atoms with Crippen LogP contribution in [0.4, 0.5) is 0 Å². The van der Waals surface area contributed by atoms with E-state index in [4.69, 9.17) is 5.73 Å². The summed E-state index contributed by atoms with van der Waals surface area (Å²) in [5.74, 6) is 0.0840. The fourth-order valence-electron chi connectivity index (χ4n) is 3.04. The SMILES string of the molecule is CN(C(=O)C(N)Cc1ccccc1)C1CCCCCC1. The van der Waals surface area contributed by atoms with Gasteiger partial charge in [-0.05, 0) is 24.8 Å². The second-order valence-corrected chi connectivity index (χ2v) is 5.89. The van der Waals surface area contributed by atoms with Crippen LogP contribution in [0.25, 0.3) is 0 Å². The van der Waals surface area contributed by atoms with Crippen molar-refractivity contribution >= 4 is 5.91 Å². The van der Waals surface area contributed by atoms with Crippen LogP contribution in [-0.2, 0) is 11.2 Å². The molecule has 2 N–H and O–H groups in total. The van der Waals surface area contributed by atoms with E-state index in [1.807, 2.05) is 42.3 Å². The highest BCUT2D eigenvalue weighted by Crippen LogP contribution is 2.21. The van der Waals surface area contributed by atoms with E-state index in [0.29, 0.717) is 12.5 Å². The van der Waals surface area contributed by atoms with Gasteiger partial charge in [0.1, 0.15) is 0 Å². The summed E-state index contributed by atoms with van der Waals surface area (Å²) in [5, 5.41) is 0. The fraction of sp³-hybridized carbons (Fsp3) is 0.588. The highest BCUT2D eigenvalue weighted by atomic mass is 16.2. The molecule has 1 saturated carbocycles. The maximum atomic E-state index is 12.5. The average molecular weight is 274 g/mol. The lowest BCUT2D eigenvalue weighted by molar-refractivity contribution is -0.133. The topological polar surface area (TPSA) is 46.3 Å². The lowest BCUT2D eigenvalue weighted by Crippen LogP contribution is -2.47. The molecule has 3 nitrogen and oxygen atoms in total. The van der Waals surface area contributed by atoms with Crippen LogP contribution in [0.1, 0.15) is 44.1 Å². The van der Waals surface area contributed by atoms with Crippen molar-refractivity contribution in [2.45, 2.75) is 57.0 Å². The predicted molar refractivity (Wildman–Crippen MR) is 82.4 cm³/mol. The molecule has 1 atom stereocenters. The normalized spacial score (nSPS) is 18.3. The van der Waals surface area contributed by atoms with Crippen molar-refractivity contribution in [2.75, 3.05) is 7.05 Å². The predicted octanol–water partition coefficient (Wildman–Crippen LogP) is 2.74. The van der Waals surface area contributed by atoms with Gasteiger partial charge < -0.3 is 10.6 Å². The van der Waals surface area contributed by atoms with Gasteiger partial charge in [0.25, 0.3) is 0 Å². The number of likely N-dealkylation sites (N-methyl/N-ethyl adjacent to an activating group) is 1. The van der Waals surface area contributed by atoms with Crippen LogP contribution < -0.4 is 5.73 Å². The summed E-state index contributed by atoms with van der Waals surface area (Å²) >= 11 is 0. The molecule has 0 aliphatic heterocycles. The van der Waals surface area contributed by atoms with Crippen molar-refractivity contribution in [1.82, 2.24) is 4.90 Å². The molecule has 2 rings (SSSR count). The van der Waals surface area contributed by atoms with Crippen molar-refractivity contribution in [3.8, 4) is 0 Å². The van der Waals surface area contributed by atoms with Crippen LogP contribution >= 0.6 is 0 Å². The van der Waals surface area contributed by atoms with Crippen molar-refractivity contribution in [1.29, 1.82) is 0 Å². The second-order valence-electron chi connectivity index (χ2n) is 5.89. The van der Waals surface area contributed by atoms with Crippen LogP contribution in [0.2, 0.25) is 0 Å². The van der Waals surface area contributed by atoms with Gasteiger partial charge in [-0.1, -0.05) is 56.0 Å². The van der Waals surface area contributed by atoms with Gasteiger partial charge in [-0.15, -0.1) is 0 Å². The molecule has 1 unspecified atom stereocenters. The Labute approximate surface area is 122 Å². The number of carbonyl (C=O) groups is 1. The van der Waals surface area contributed by atoms with Gasteiger partial charge in [0.15, 0.2) is 0 Å². The van der Waals surface area contributed by atoms with Gasteiger partial charge in [0, 0.05) is 13.1 Å². The van der Waals surface area contributed by atoms with E-state index in [2.05, 4.69) is 0 Å². The summed E-state index contributed by atoms with van der Waals surface area (Å²) in [6.07, 6.45) is 7.94. The third-order valence-corrected chi connectivity index (χ3v) is 4.34. The quantitative estimate of drug-likeness (QED) is 0.858. The van der Waals surface area contributed by atoms with E-state index in [1.165, 1.54) is 25.7 Å². The van der Waals surface area contributed by atoms with Crippen molar-refractivity contribution < 1.29 is 4.79 Å². The average Bonchev–Trinajstić information content (AvgIpc) is 2.75. The summed E-state index contributed by atoms with van der Waals surface area (Å²) in [6, 6.07) is 9.97. The Morgan fingerprint density at radius 2 is 1.80 bits per heavy atom. The van der Waals surface area contributed by atoms with Crippen LogP contribution in [0.3, 0.4) is 0 Å². The molecule has 0 heterocycles. The minimum atomic E-state index is -0.425. The zero-order chi connectivity index (χ0) is 14.4. The summed E-state index contributed by atoms with van der Waals surface area (Å²) in [6.45, 7) is 0. The first-order valence-corrected chi connectivity index (χ1v) is 7.74. The van der Waals surface area contributed by atoms with Gasteiger partial charge in [-0.25, -0.2) is 0 Å². The number of hydrogen-bond donors (Lipinski definition) is 1. The number of carbonyl (C=O) groups excluding carboxylic acids is 1. The molecule has 0 spiro atoms. The maximum Gasteiger partial charge on any atom is 0.239 e. The van der Waals surface area contributed by atoms with Crippen LogP contribution in [0, 0.1) is 0 Å². The smallest absolute Gasteiger partial charge is 0.239 e. The van der Waals surface area contributed by atoms with E-state index in [9.17, 15) is 4.79 Å². The lowest BCUT2D eigenvalue weighted by Gasteiger charge is -2.29. The summed E-state index contributed by atoms with van der Waals surface area (Å²) in [4.78, 5) is 14.4. The molecule has 110 valence electrons. The molecule has 1 aromatic rings. The first kappa shape index (κ1) is 15.0. The van der Waals surface area contributed by atoms with Gasteiger partial charge >= 0.3 is 0 Å². The van der Waals surface area contributed by atoms with Crippen molar-refractivity contribution in [3.63, 3.8) is 0 Å². The molecule has 0 radical (unpaired) electrons. The van der Waals surface area contributed by atoms with E-state index < -0.39 is 6.04 Å². The minimum absolute atomic E-state index is 0.0840. The molecule has 0 aromatic heterocycles. The van der Waals surface area contributed by atoms with E-state index in [1.54, 1.807) is 0 Å². The third kappa shape index (κ3) is 4.07. The Morgan fingerprint density at radius 1 is 1.20 bits per heavy atom. The Balaban J connectivity index is 1.91. The molecule has 0 bridgehead atoms. The first-order chi connectivity index (χ1) is 9.68. The highest BCUT2D eigenvalue weighted by Gasteiger charge is 2.25. The number of hydrogen-bond acceptors (Lipinski definition) is 2. The number of amides is 1. The number of rotatable bonds is 4. The second kappa shape index (κ2) is 7.44. The largest absolute Gasteiger partial charge is 0.341 e. The maximum absolute atomic E-state index is 12.5. The molecule has 1 amide bonds. The van der Waals surface area contributed by atoms with Gasteiger partial charge in [-0.3, -0.25) is 4.79 Å². The lowest BCUT2D eigenvalue weighted by atomic mass is 10.0. The molecule has 20 heavy (non-hydrogen) atoms. The summed E-state index contributed by atoms with van der Waals surface area (Å²) in [5.41, 5.74) is 7.23. The number of nitrogens with zero attached hydrogens (tertiary/aromatic N) is 1. The molecular weight excluding hydrogens is 248 g/mol. The first-order valence-electron chi connectivity index (χ1n) is 7.74. The highest BCUT2D eigenvalue weighted by molar-refractivity contribution is 5.82. The van der Waals surface area contributed by atoms with Crippen molar-refractivity contribution in [2.24, 2.45) is 5.73 Å². The molecule has 1 aromatic carbocycles. The fourth-order valence-corrected chi connectivity index (χ4v) is 3.04. The Morgan fingerprint density at radius 3 is 2.40 bits per heavy atom.